The minimum atomic E-state index is -3.57. The first-order valence-electron chi connectivity index (χ1n) is 8.80. The monoisotopic (exact) mass is 394 g/mol. The fraction of sp³-hybridized carbons (Fsp3) is 0.474. The lowest BCUT2D eigenvalue weighted by atomic mass is 10.1. The Morgan fingerprint density at radius 2 is 1.85 bits per heavy atom. The molecule has 0 spiro atoms. The highest BCUT2D eigenvalue weighted by molar-refractivity contribution is 7.89. The highest BCUT2D eigenvalue weighted by Gasteiger charge is 2.26. The predicted molar refractivity (Wildman–Crippen MR) is 105 cm³/mol. The van der Waals surface area contributed by atoms with Gasteiger partial charge in [0.15, 0.2) is 0 Å². The smallest absolute Gasteiger partial charge is 0.241 e. The number of rotatable bonds is 6. The summed E-state index contributed by atoms with van der Waals surface area (Å²) >= 11 is 1.63. The molecule has 26 heavy (non-hydrogen) atoms. The summed E-state index contributed by atoms with van der Waals surface area (Å²) in [5, 5.41) is 4.13. The summed E-state index contributed by atoms with van der Waals surface area (Å²) in [7, 11) is -3.57. The molecule has 1 aromatic heterocycles. The Labute approximate surface area is 160 Å². The minimum absolute atomic E-state index is 0.0194. The Kier molecular flexibility index (Phi) is 6.14. The number of benzene rings is 1. The lowest BCUT2D eigenvalue weighted by Gasteiger charge is -2.34. The van der Waals surface area contributed by atoms with E-state index in [0.717, 1.165) is 35.3 Å². The molecule has 3 rings (SSSR count). The number of aryl methyl sites for hydroxylation is 3. The van der Waals surface area contributed by atoms with Gasteiger partial charge in [-0.2, -0.15) is 11.3 Å². The Bertz CT molecular complexity index is 819. The standard InChI is InChI=1S/C19H26N2O3S2/c1-14-10-15(2)19(16(3)11-14)26(22,23)20-12-18(17-4-9-25-13-17)21-5-7-24-8-6-21/h4,9-11,13,18,20H,5-8,12H2,1-3H3. The van der Waals surface area contributed by atoms with Gasteiger partial charge in [-0.15, -0.1) is 0 Å². The van der Waals surface area contributed by atoms with E-state index in [9.17, 15) is 8.42 Å². The summed E-state index contributed by atoms with van der Waals surface area (Å²) in [6.45, 7) is 9.03. The van der Waals surface area contributed by atoms with Crippen LogP contribution in [-0.2, 0) is 14.8 Å². The molecule has 0 saturated carbocycles. The molecule has 1 aromatic carbocycles. The van der Waals surface area contributed by atoms with Crippen molar-refractivity contribution in [3.63, 3.8) is 0 Å². The van der Waals surface area contributed by atoms with Crippen LogP contribution in [0.5, 0.6) is 0 Å². The van der Waals surface area contributed by atoms with Crippen molar-refractivity contribution in [2.24, 2.45) is 0 Å². The summed E-state index contributed by atoms with van der Waals surface area (Å²) in [5.74, 6) is 0. The Hall–Kier alpha value is -1.25. The van der Waals surface area contributed by atoms with Crippen LogP contribution < -0.4 is 4.72 Å². The fourth-order valence-electron chi connectivity index (χ4n) is 3.66. The summed E-state index contributed by atoms with van der Waals surface area (Å²) in [6.07, 6.45) is 0. The molecule has 1 aliphatic heterocycles. The van der Waals surface area contributed by atoms with Crippen molar-refractivity contribution in [3.8, 4) is 0 Å². The van der Waals surface area contributed by atoms with Crippen molar-refractivity contribution in [2.75, 3.05) is 32.8 Å². The molecular weight excluding hydrogens is 368 g/mol. The van der Waals surface area contributed by atoms with Gasteiger partial charge in [-0.05, 0) is 54.3 Å². The Morgan fingerprint density at radius 3 is 2.42 bits per heavy atom. The van der Waals surface area contributed by atoms with Crippen LogP contribution in [0.3, 0.4) is 0 Å². The number of morpholine rings is 1. The van der Waals surface area contributed by atoms with Gasteiger partial charge >= 0.3 is 0 Å². The normalized spacial score (nSPS) is 17.3. The van der Waals surface area contributed by atoms with E-state index in [4.69, 9.17) is 4.74 Å². The molecule has 2 aromatic rings. The van der Waals surface area contributed by atoms with Crippen LogP contribution >= 0.6 is 11.3 Å². The topological polar surface area (TPSA) is 58.6 Å². The minimum Gasteiger partial charge on any atom is -0.379 e. The third-order valence-corrected chi connectivity index (χ3v) is 7.18. The Morgan fingerprint density at radius 1 is 1.19 bits per heavy atom. The maximum Gasteiger partial charge on any atom is 0.241 e. The van der Waals surface area contributed by atoms with Crippen molar-refractivity contribution in [3.05, 3.63) is 51.2 Å². The second kappa shape index (κ2) is 8.19. The van der Waals surface area contributed by atoms with E-state index in [1.807, 2.05) is 38.3 Å². The van der Waals surface area contributed by atoms with Gasteiger partial charge in [-0.3, -0.25) is 4.90 Å². The zero-order chi connectivity index (χ0) is 18.7. The van der Waals surface area contributed by atoms with E-state index in [-0.39, 0.29) is 6.04 Å². The van der Waals surface area contributed by atoms with E-state index in [2.05, 4.69) is 21.1 Å². The van der Waals surface area contributed by atoms with Gasteiger partial charge in [0, 0.05) is 25.7 Å². The van der Waals surface area contributed by atoms with Crippen LogP contribution in [0.1, 0.15) is 28.3 Å². The van der Waals surface area contributed by atoms with Crippen molar-refractivity contribution in [1.29, 1.82) is 0 Å². The molecule has 1 N–H and O–H groups in total. The van der Waals surface area contributed by atoms with Crippen LogP contribution in [0, 0.1) is 20.8 Å². The number of nitrogens with one attached hydrogen (secondary N) is 1. The molecular formula is C19H26N2O3S2. The van der Waals surface area contributed by atoms with Crippen molar-refractivity contribution < 1.29 is 13.2 Å². The highest BCUT2D eigenvalue weighted by Crippen LogP contribution is 2.26. The molecule has 1 unspecified atom stereocenters. The zero-order valence-electron chi connectivity index (χ0n) is 15.5. The molecule has 1 fully saturated rings. The highest BCUT2D eigenvalue weighted by atomic mass is 32.2. The van der Waals surface area contributed by atoms with E-state index >= 15 is 0 Å². The SMILES string of the molecule is Cc1cc(C)c(S(=O)(=O)NCC(c2ccsc2)N2CCOCC2)c(C)c1. The molecule has 1 atom stereocenters. The molecule has 1 saturated heterocycles. The maximum absolute atomic E-state index is 13.0. The van der Waals surface area contributed by atoms with Gasteiger partial charge in [0.1, 0.15) is 0 Å². The van der Waals surface area contributed by atoms with Crippen molar-refractivity contribution in [1.82, 2.24) is 9.62 Å². The zero-order valence-corrected chi connectivity index (χ0v) is 17.1. The first-order chi connectivity index (χ1) is 12.4. The summed E-state index contributed by atoms with van der Waals surface area (Å²) in [4.78, 5) is 2.69. The van der Waals surface area contributed by atoms with Gasteiger partial charge in [-0.1, -0.05) is 17.7 Å². The average molecular weight is 395 g/mol. The van der Waals surface area contributed by atoms with Crippen LogP contribution in [0.25, 0.3) is 0 Å². The second-order valence-corrected chi connectivity index (χ2v) is 9.28. The van der Waals surface area contributed by atoms with Crippen molar-refractivity contribution >= 4 is 21.4 Å². The van der Waals surface area contributed by atoms with Gasteiger partial charge in [0.05, 0.1) is 18.1 Å². The largest absolute Gasteiger partial charge is 0.379 e. The van der Waals surface area contributed by atoms with E-state index < -0.39 is 10.0 Å². The first kappa shape index (κ1) is 19.5. The van der Waals surface area contributed by atoms with Gasteiger partial charge < -0.3 is 4.74 Å². The number of nitrogens with zero attached hydrogens (tertiary/aromatic N) is 1. The van der Waals surface area contributed by atoms with Gasteiger partial charge in [-0.25, -0.2) is 13.1 Å². The Balaban J connectivity index is 1.82. The lowest BCUT2D eigenvalue weighted by Crippen LogP contribution is -2.43. The van der Waals surface area contributed by atoms with E-state index in [1.54, 1.807) is 11.3 Å². The molecule has 142 valence electrons. The van der Waals surface area contributed by atoms with Crippen LogP contribution in [-0.4, -0.2) is 46.2 Å². The molecule has 0 aliphatic carbocycles. The third kappa shape index (κ3) is 4.35. The maximum atomic E-state index is 13.0. The van der Waals surface area contributed by atoms with E-state index in [1.165, 1.54) is 0 Å². The quantitative estimate of drug-likeness (QED) is 0.818. The molecule has 2 heterocycles. The number of thiophene rings is 1. The first-order valence-corrected chi connectivity index (χ1v) is 11.2. The number of hydrogen-bond acceptors (Lipinski definition) is 5. The van der Waals surface area contributed by atoms with Crippen LogP contribution in [0.15, 0.2) is 33.9 Å². The molecule has 1 aliphatic rings. The summed E-state index contributed by atoms with van der Waals surface area (Å²) in [6, 6.07) is 5.92. The average Bonchev–Trinajstić information content (AvgIpc) is 3.09. The summed E-state index contributed by atoms with van der Waals surface area (Å²) in [5.41, 5.74) is 3.79. The molecule has 0 amide bonds. The van der Waals surface area contributed by atoms with Crippen LogP contribution in [0.2, 0.25) is 0 Å². The summed E-state index contributed by atoms with van der Waals surface area (Å²) < 4.78 is 34.3. The van der Waals surface area contributed by atoms with E-state index in [0.29, 0.717) is 24.7 Å². The molecule has 5 nitrogen and oxygen atoms in total. The number of sulfonamides is 1. The second-order valence-electron chi connectivity index (χ2n) is 6.80. The molecule has 0 bridgehead atoms. The lowest BCUT2D eigenvalue weighted by molar-refractivity contribution is 0.0173. The predicted octanol–water partition coefficient (Wildman–Crippen LogP) is 3.03. The van der Waals surface area contributed by atoms with Gasteiger partial charge in [0.25, 0.3) is 0 Å². The van der Waals surface area contributed by atoms with Crippen molar-refractivity contribution in [2.45, 2.75) is 31.7 Å². The third-order valence-electron chi connectivity index (χ3n) is 4.75. The van der Waals surface area contributed by atoms with Crippen LogP contribution in [0.4, 0.5) is 0 Å². The number of hydrogen-bond donors (Lipinski definition) is 1. The van der Waals surface area contributed by atoms with Gasteiger partial charge in [0.2, 0.25) is 10.0 Å². The molecule has 0 radical (unpaired) electrons. The number of ether oxygens (including phenoxy) is 1. The molecule has 7 heteroatoms. The fourth-order valence-corrected chi connectivity index (χ4v) is 5.86.